The SMILES string of the molecule is COCCN(CCNC(=O)C[C@](O)(c1nccn1C)C(F)(F)F)C(=O)OC(C)(C)C. The molecule has 0 aliphatic carbocycles. The summed E-state index contributed by atoms with van der Waals surface area (Å²) in [5.74, 6) is -1.74. The Balaban J connectivity index is 2.76. The lowest BCUT2D eigenvalue weighted by molar-refractivity contribution is -0.271. The average Bonchev–Trinajstić information content (AvgIpc) is 3.01. The van der Waals surface area contributed by atoms with Crippen molar-refractivity contribution in [1.82, 2.24) is 19.8 Å². The third-order valence-electron chi connectivity index (χ3n) is 4.00. The van der Waals surface area contributed by atoms with E-state index < -0.39 is 41.6 Å². The molecule has 2 amide bonds. The zero-order valence-corrected chi connectivity index (χ0v) is 17.7. The minimum absolute atomic E-state index is 0.0170. The number of hydrogen-bond acceptors (Lipinski definition) is 6. The molecule has 1 heterocycles. The van der Waals surface area contributed by atoms with Gasteiger partial charge in [-0.25, -0.2) is 9.78 Å². The Morgan fingerprint density at radius 2 is 1.90 bits per heavy atom. The van der Waals surface area contributed by atoms with Crippen LogP contribution in [0, 0.1) is 0 Å². The van der Waals surface area contributed by atoms with Crippen molar-refractivity contribution in [1.29, 1.82) is 0 Å². The number of aryl methyl sites for hydroxylation is 1. The Morgan fingerprint density at radius 3 is 2.37 bits per heavy atom. The Morgan fingerprint density at radius 1 is 1.27 bits per heavy atom. The number of halogens is 3. The fourth-order valence-electron chi connectivity index (χ4n) is 2.52. The molecular formula is C18H29F3N4O5. The van der Waals surface area contributed by atoms with E-state index in [1.807, 2.05) is 0 Å². The van der Waals surface area contributed by atoms with Crippen molar-refractivity contribution in [3.05, 3.63) is 18.2 Å². The van der Waals surface area contributed by atoms with Gasteiger partial charge in [0.15, 0.2) is 5.82 Å². The molecule has 30 heavy (non-hydrogen) atoms. The molecule has 1 atom stereocenters. The zero-order chi connectivity index (χ0) is 23.2. The molecule has 0 fully saturated rings. The fraction of sp³-hybridized carbons (Fsp3) is 0.722. The highest BCUT2D eigenvalue weighted by atomic mass is 19.4. The predicted molar refractivity (Wildman–Crippen MR) is 100 cm³/mol. The number of carbonyl (C=O) groups is 2. The molecule has 1 aromatic heterocycles. The quantitative estimate of drug-likeness (QED) is 0.606. The van der Waals surface area contributed by atoms with E-state index in [1.165, 1.54) is 25.3 Å². The highest BCUT2D eigenvalue weighted by Gasteiger charge is 2.58. The molecule has 0 unspecified atom stereocenters. The maximum Gasteiger partial charge on any atom is 0.425 e. The van der Waals surface area contributed by atoms with Gasteiger partial charge in [-0.3, -0.25) is 4.79 Å². The summed E-state index contributed by atoms with van der Waals surface area (Å²) >= 11 is 0. The van der Waals surface area contributed by atoms with Crippen LogP contribution in [0.3, 0.4) is 0 Å². The highest BCUT2D eigenvalue weighted by molar-refractivity contribution is 5.77. The number of nitrogens with one attached hydrogen (secondary N) is 1. The number of hydrogen-bond donors (Lipinski definition) is 2. The Labute approximate surface area is 173 Å². The number of methoxy groups -OCH3 is 1. The van der Waals surface area contributed by atoms with Crippen LogP contribution in [0.1, 0.15) is 33.0 Å². The van der Waals surface area contributed by atoms with Gasteiger partial charge in [-0.05, 0) is 20.8 Å². The van der Waals surface area contributed by atoms with Gasteiger partial charge in [0.2, 0.25) is 11.5 Å². The maximum absolute atomic E-state index is 13.5. The Bertz CT molecular complexity index is 717. The molecule has 0 spiro atoms. The number of imidazole rings is 1. The smallest absolute Gasteiger partial charge is 0.425 e. The first kappa shape index (κ1) is 25.7. The van der Waals surface area contributed by atoms with E-state index in [4.69, 9.17) is 9.47 Å². The Hall–Kier alpha value is -2.34. The first-order valence-electron chi connectivity index (χ1n) is 9.21. The third kappa shape index (κ3) is 7.17. The summed E-state index contributed by atoms with van der Waals surface area (Å²) in [6.07, 6.45) is -4.71. The van der Waals surface area contributed by atoms with E-state index >= 15 is 0 Å². The van der Waals surface area contributed by atoms with Crippen molar-refractivity contribution in [3.8, 4) is 0 Å². The van der Waals surface area contributed by atoms with E-state index in [0.29, 0.717) is 0 Å². The summed E-state index contributed by atoms with van der Waals surface area (Å²) in [7, 11) is 2.73. The topological polar surface area (TPSA) is 106 Å². The molecule has 0 saturated heterocycles. The molecule has 0 aliphatic heterocycles. The number of carbonyl (C=O) groups excluding carboxylic acids is 2. The summed E-state index contributed by atoms with van der Waals surface area (Å²) in [4.78, 5) is 29.2. The first-order valence-corrected chi connectivity index (χ1v) is 9.21. The summed E-state index contributed by atoms with van der Waals surface area (Å²) in [6.45, 7) is 5.29. The van der Waals surface area contributed by atoms with Gasteiger partial charge in [0.1, 0.15) is 5.60 Å². The number of amides is 2. The molecular weight excluding hydrogens is 409 g/mol. The molecule has 0 saturated carbocycles. The normalized spacial score (nSPS) is 14.2. The van der Waals surface area contributed by atoms with Crippen molar-refractivity contribution >= 4 is 12.0 Å². The van der Waals surface area contributed by atoms with Crippen LogP contribution in [0.15, 0.2) is 12.4 Å². The van der Waals surface area contributed by atoms with Gasteiger partial charge >= 0.3 is 12.3 Å². The molecule has 12 heteroatoms. The van der Waals surface area contributed by atoms with E-state index in [1.54, 1.807) is 20.8 Å². The molecule has 2 N–H and O–H groups in total. The maximum atomic E-state index is 13.5. The minimum atomic E-state index is -5.12. The largest absolute Gasteiger partial charge is 0.444 e. The van der Waals surface area contributed by atoms with Crippen molar-refractivity contribution < 1.29 is 37.3 Å². The predicted octanol–water partition coefficient (Wildman–Crippen LogP) is 1.56. The van der Waals surface area contributed by atoms with Crippen LogP contribution in [0.4, 0.5) is 18.0 Å². The van der Waals surface area contributed by atoms with Crippen LogP contribution in [0.25, 0.3) is 0 Å². The van der Waals surface area contributed by atoms with Crippen molar-refractivity contribution in [2.45, 2.75) is 44.6 Å². The summed E-state index contributed by atoms with van der Waals surface area (Å²) in [6, 6.07) is 0. The number of aliphatic hydroxyl groups is 1. The lowest BCUT2D eigenvalue weighted by Gasteiger charge is -2.30. The highest BCUT2D eigenvalue weighted by Crippen LogP contribution is 2.40. The van der Waals surface area contributed by atoms with Crippen molar-refractivity contribution in [2.24, 2.45) is 7.05 Å². The summed E-state index contributed by atoms with van der Waals surface area (Å²) in [5.41, 5.74) is -4.19. The lowest BCUT2D eigenvalue weighted by Crippen LogP contribution is -2.49. The monoisotopic (exact) mass is 438 g/mol. The van der Waals surface area contributed by atoms with Crippen LogP contribution < -0.4 is 5.32 Å². The standard InChI is InChI=1S/C18H29F3N4O5/c1-16(2,3)30-15(27)25(10-11-29-5)9-7-22-13(26)12-17(28,18(19,20)21)14-23-6-8-24(14)4/h6,8,28H,7,9-12H2,1-5H3,(H,22,26)/t17-/m0/s1. The average molecular weight is 438 g/mol. The van der Waals surface area contributed by atoms with Crippen molar-refractivity contribution in [2.75, 3.05) is 33.4 Å². The van der Waals surface area contributed by atoms with Crippen LogP contribution in [0.5, 0.6) is 0 Å². The second kappa shape index (κ2) is 10.1. The number of nitrogens with zero attached hydrogens (tertiary/aromatic N) is 3. The van der Waals surface area contributed by atoms with Crippen LogP contribution in [-0.4, -0.2) is 76.7 Å². The molecule has 172 valence electrons. The van der Waals surface area contributed by atoms with Gasteiger partial charge in [-0.15, -0.1) is 0 Å². The Kier molecular flexibility index (Phi) is 8.66. The molecule has 0 aliphatic rings. The lowest BCUT2D eigenvalue weighted by atomic mass is 9.97. The minimum Gasteiger partial charge on any atom is -0.444 e. The van der Waals surface area contributed by atoms with Gasteiger partial charge in [0.25, 0.3) is 0 Å². The van der Waals surface area contributed by atoms with E-state index in [2.05, 4.69) is 10.3 Å². The second-order valence-corrected chi connectivity index (χ2v) is 7.71. The van der Waals surface area contributed by atoms with E-state index in [-0.39, 0.29) is 26.2 Å². The molecule has 0 radical (unpaired) electrons. The van der Waals surface area contributed by atoms with Gasteiger partial charge in [-0.2, -0.15) is 13.2 Å². The van der Waals surface area contributed by atoms with Crippen LogP contribution >= 0.6 is 0 Å². The van der Waals surface area contributed by atoms with E-state index in [0.717, 1.165) is 10.8 Å². The summed E-state index contributed by atoms with van der Waals surface area (Å²) < 4.78 is 51.7. The fourth-order valence-corrected chi connectivity index (χ4v) is 2.52. The van der Waals surface area contributed by atoms with Crippen LogP contribution in [-0.2, 0) is 26.9 Å². The van der Waals surface area contributed by atoms with Gasteiger partial charge in [0, 0.05) is 46.2 Å². The summed E-state index contributed by atoms with van der Waals surface area (Å²) in [5, 5.41) is 12.5. The molecule has 0 aromatic carbocycles. The van der Waals surface area contributed by atoms with Gasteiger partial charge in [-0.1, -0.05) is 0 Å². The van der Waals surface area contributed by atoms with E-state index in [9.17, 15) is 27.9 Å². The van der Waals surface area contributed by atoms with Gasteiger partial charge < -0.3 is 29.4 Å². The first-order chi connectivity index (χ1) is 13.7. The molecule has 9 nitrogen and oxygen atoms in total. The third-order valence-corrected chi connectivity index (χ3v) is 4.00. The molecule has 0 bridgehead atoms. The zero-order valence-electron chi connectivity index (χ0n) is 17.7. The molecule has 1 aromatic rings. The number of alkyl halides is 3. The van der Waals surface area contributed by atoms with Gasteiger partial charge in [0.05, 0.1) is 13.0 Å². The molecule has 1 rings (SSSR count). The number of rotatable bonds is 9. The van der Waals surface area contributed by atoms with Crippen molar-refractivity contribution in [3.63, 3.8) is 0 Å². The van der Waals surface area contributed by atoms with Crippen LogP contribution in [0.2, 0.25) is 0 Å². The number of ether oxygens (including phenoxy) is 2. The number of aromatic nitrogens is 2. The second-order valence-electron chi connectivity index (χ2n) is 7.71.